The number of carbonyl (C=O) groups is 2. The number of aliphatic carboxylic acids is 1. The minimum Gasteiger partial charge on any atom is -0.479 e. The van der Waals surface area contributed by atoms with Gasteiger partial charge in [0.05, 0.1) is 5.56 Å². The number of nitrogens with one attached hydrogen (secondary N) is 1. The SMILES string of the molecule is CC(Nc1cc(Cl)ccc1C(N)=O)(C(=O)O)C(F)(F)F. The highest BCUT2D eigenvalue weighted by Gasteiger charge is 2.57. The summed E-state index contributed by atoms with van der Waals surface area (Å²) in [7, 11) is 0. The molecule has 1 amide bonds. The number of carboxylic acid groups (broad SMARTS) is 1. The Kier molecular flexibility index (Phi) is 4.18. The van der Waals surface area contributed by atoms with E-state index in [9.17, 15) is 22.8 Å². The molecule has 0 spiro atoms. The average molecular weight is 311 g/mol. The van der Waals surface area contributed by atoms with E-state index in [-0.39, 0.29) is 10.6 Å². The van der Waals surface area contributed by atoms with Gasteiger partial charge in [0.2, 0.25) is 5.54 Å². The molecule has 1 aromatic rings. The Morgan fingerprint density at radius 3 is 2.30 bits per heavy atom. The van der Waals surface area contributed by atoms with E-state index < -0.39 is 29.3 Å². The maximum Gasteiger partial charge on any atom is 0.422 e. The number of rotatable bonds is 4. The van der Waals surface area contributed by atoms with Crippen LogP contribution in [0.25, 0.3) is 0 Å². The highest BCUT2D eigenvalue weighted by atomic mass is 35.5. The first-order chi connectivity index (χ1) is 8.99. The van der Waals surface area contributed by atoms with Gasteiger partial charge >= 0.3 is 12.1 Å². The summed E-state index contributed by atoms with van der Waals surface area (Å²) >= 11 is 5.62. The standard InChI is InChI=1S/C11H10ClF3N2O3/c1-10(9(19)20,11(13,14)15)17-7-4-5(12)2-3-6(7)8(16)18/h2-4,17H,1H3,(H2,16,18)(H,19,20). The van der Waals surface area contributed by atoms with Crippen LogP contribution >= 0.6 is 11.6 Å². The lowest BCUT2D eigenvalue weighted by Crippen LogP contribution is -2.55. The van der Waals surface area contributed by atoms with Crippen LogP contribution in [-0.2, 0) is 4.79 Å². The molecule has 0 saturated heterocycles. The molecule has 0 bridgehead atoms. The Labute approximate surface area is 116 Å². The van der Waals surface area contributed by atoms with E-state index in [1.165, 1.54) is 6.07 Å². The largest absolute Gasteiger partial charge is 0.479 e. The summed E-state index contributed by atoms with van der Waals surface area (Å²) in [6, 6.07) is 3.35. The summed E-state index contributed by atoms with van der Waals surface area (Å²) in [6.07, 6.45) is -5.10. The number of anilines is 1. The Morgan fingerprint density at radius 2 is 1.90 bits per heavy atom. The number of carbonyl (C=O) groups excluding carboxylic acids is 1. The van der Waals surface area contributed by atoms with Crippen molar-refractivity contribution in [3.8, 4) is 0 Å². The quantitative estimate of drug-likeness (QED) is 0.795. The summed E-state index contributed by atoms with van der Waals surface area (Å²) in [4.78, 5) is 22.1. The van der Waals surface area contributed by atoms with Gasteiger partial charge in [0.1, 0.15) is 0 Å². The first-order valence-corrected chi connectivity index (χ1v) is 5.54. The number of alkyl halides is 3. The maximum absolute atomic E-state index is 12.9. The van der Waals surface area contributed by atoms with Crippen LogP contribution in [0.1, 0.15) is 17.3 Å². The number of hydrogen-bond donors (Lipinski definition) is 3. The van der Waals surface area contributed by atoms with Crippen molar-refractivity contribution in [3.05, 3.63) is 28.8 Å². The van der Waals surface area contributed by atoms with Crippen LogP contribution in [-0.4, -0.2) is 28.7 Å². The average Bonchev–Trinajstić information content (AvgIpc) is 2.26. The predicted octanol–water partition coefficient (Wildman–Crippen LogP) is 2.26. The molecule has 0 fully saturated rings. The Bertz CT molecular complexity index is 562. The zero-order valence-corrected chi connectivity index (χ0v) is 10.8. The lowest BCUT2D eigenvalue weighted by Gasteiger charge is -2.30. The Balaban J connectivity index is 3.36. The zero-order valence-electron chi connectivity index (χ0n) is 10.1. The van der Waals surface area contributed by atoms with Crippen LogP contribution in [0.2, 0.25) is 5.02 Å². The van der Waals surface area contributed by atoms with E-state index in [0.29, 0.717) is 6.92 Å². The summed E-state index contributed by atoms with van der Waals surface area (Å²) in [6.45, 7) is 0.432. The fraction of sp³-hybridized carbons (Fsp3) is 0.273. The molecule has 1 aromatic carbocycles. The Hall–Kier alpha value is -1.96. The van der Waals surface area contributed by atoms with Gasteiger partial charge in [-0.1, -0.05) is 11.6 Å². The topological polar surface area (TPSA) is 92.4 Å². The van der Waals surface area contributed by atoms with Gasteiger partial charge < -0.3 is 16.2 Å². The van der Waals surface area contributed by atoms with Gasteiger partial charge in [0, 0.05) is 10.7 Å². The molecule has 20 heavy (non-hydrogen) atoms. The third kappa shape index (κ3) is 2.96. The minimum absolute atomic E-state index is 0.0208. The van der Waals surface area contributed by atoms with Gasteiger partial charge in [-0.3, -0.25) is 4.79 Å². The van der Waals surface area contributed by atoms with Gasteiger partial charge in [0.15, 0.2) is 0 Å². The first-order valence-electron chi connectivity index (χ1n) is 5.16. The summed E-state index contributed by atoms with van der Waals surface area (Å²) in [5, 5.41) is 10.6. The van der Waals surface area contributed by atoms with Crippen LogP contribution in [0.4, 0.5) is 18.9 Å². The highest BCUT2D eigenvalue weighted by Crippen LogP contribution is 2.35. The molecule has 9 heteroatoms. The van der Waals surface area contributed by atoms with Crippen molar-refractivity contribution in [2.75, 3.05) is 5.32 Å². The second kappa shape index (κ2) is 5.20. The second-order valence-electron chi connectivity index (χ2n) is 4.11. The molecular weight excluding hydrogens is 301 g/mol. The smallest absolute Gasteiger partial charge is 0.422 e. The lowest BCUT2D eigenvalue weighted by molar-refractivity contribution is -0.192. The molecule has 1 rings (SSSR count). The number of hydrogen-bond acceptors (Lipinski definition) is 3. The van der Waals surface area contributed by atoms with E-state index in [2.05, 4.69) is 0 Å². The third-order valence-corrected chi connectivity index (χ3v) is 2.86. The van der Waals surface area contributed by atoms with Gasteiger partial charge in [-0.25, -0.2) is 4.79 Å². The predicted molar refractivity (Wildman–Crippen MR) is 65.7 cm³/mol. The monoisotopic (exact) mass is 310 g/mol. The molecule has 4 N–H and O–H groups in total. The number of primary amides is 1. The summed E-state index contributed by atoms with van der Waals surface area (Å²) < 4.78 is 38.6. The van der Waals surface area contributed by atoms with E-state index in [0.717, 1.165) is 12.1 Å². The number of amides is 1. The zero-order chi connectivity index (χ0) is 15.7. The van der Waals surface area contributed by atoms with Crippen molar-refractivity contribution < 1.29 is 27.9 Å². The molecular formula is C11H10ClF3N2O3. The number of carboxylic acids is 1. The van der Waals surface area contributed by atoms with Crippen molar-refractivity contribution in [2.24, 2.45) is 5.73 Å². The van der Waals surface area contributed by atoms with Crippen LogP contribution in [0.3, 0.4) is 0 Å². The van der Waals surface area contributed by atoms with Crippen molar-refractivity contribution in [1.29, 1.82) is 0 Å². The normalized spacial score (nSPS) is 14.4. The summed E-state index contributed by atoms with van der Waals surface area (Å²) in [5.74, 6) is -3.17. The van der Waals surface area contributed by atoms with Crippen LogP contribution < -0.4 is 11.1 Å². The molecule has 0 heterocycles. The molecule has 1 unspecified atom stereocenters. The number of nitrogens with two attached hydrogens (primary N) is 1. The third-order valence-electron chi connectivity index (χ3n) is 2.63. The number of benzene rings is 1. The van der Waals surface area contributed by atoms with Crippen molar-refractivity contribution in [2.45, 2.75) is 18.6 Å². The van der Waals surface area contributed by atoms with Crippen molar-refractivity contribution >= 4 is 29.2 Å². The van der Waals surface area contributed by atoms with Crippen LogP contribution in [0.5, 0.6) is 0 Å². The minimum atomic E-state index is -5.10. The first kappa shape index (κ1) is 16.1. The van der Waals surface area contributed by atoms with E-state index >= 15 is 0 Å². The fourth-order valence-corrected chi connectivity index (χ4v) is 1.52. The highest BCUT2D eigenvalue weighted by molar-refractivity contribution is 6.31. The summed E-state index contributed by atoms with van der Waals surface area (Å²) in [5.41, 5.74) is 1.02. The van der Waals surface area contributed by atoms with Crippen molar-refractivity contribution in [3.63, 3.8) is 0 Å². The van der Waals surface area contributed by atoms with E-state index in [1.807, 2.05) is 0 Å². The second-order valence-corrected chi connectivity index (χ2v) is 4.54. The molecule has 0 aromatic heterocycles. The van der Waals surface area contributed by atoms with Gasteiger partial charge in [0.25, 0.3) is 5.91 Å². The number of halogens is 4. The lowest BCUT2D eigenvalue weighted by atomic mass is 10.00. The van der Waals surface area contributed by atoms with Crippen molar-refractivity contribution in [1.82, 2.24) is 0 Å². The molecule has 5 nitrogen and oxygen atoms in total. The molecule has 0 saturated carbocycles. The fourth-order valence-electron chi connectivity index (χ4n) is 1.35. The molecule has 110 valence electrons. The van der Waals surface area contributed by atoms with Crippen LogP contribution in [0.15, 0.2) is 18.2 Å². The van der Waals surface area contributed by atoms with Crippen LogP contribution in [0, 0.1) is 0 Å². The Morgan fingerprint density at radius 1 is 1.35 bits per heavy atom. The van der Waals surface area contributed by atoms with Gasteiger partial charge in [-0.05, 0) is 25.1 Å². The maximum atomic E-state index is 12.9. The van der Waals surface area contributed by atoms with Gasteiger partial charge in [-0.2, -0.15) is 13.2 Å². The molecule has 0 radical (unpaired) electrons. The molecule has 0 aliphatic rings. The molecule has 0 aliphatic carbocycles. The molecule has 0 aliphatic heterocycles. The van der Waals surface area contributed by atoms with Gasteiger partial charge in [-0.15, -0.1) is 0 Å². The molecule has 1 atom stereocenters. The van der Waals surface area contributed by atoms with E-state index in [1.54, 1.807) is 5.32 Å². The van der Waals surface area contributed by atoms with E-state index in [4.69, 9.17) is 22.4 Å².